The minimum Gasteiger partial charge on any atom is -0.457 e. The third-order valence-electron chi connectivity index (χ3n) is 7.63. The van der Waals surface area contributed by atoms with Crippen LogP contribution in [0.25, 0.3) is 5.69 Å². The first kappa shape index (κ1) is 21.0. The van der Waals surface area contributed by atoms with Crippen molar-refractivity contribution in [2.75, 3.05) is 13.1 Å². The maximum absolute atomic E-state index is 13.3. The van der Waals surface area contributed by atoms with Gasteiger partial charge >= 0.3 is 5.97 Å². The fourth-order valence-electron chi connectivity index (χ4n) is 5.66. The topological polar surface area (TPSA) is 90.2 Å². The molecular formula is C26H27N5O3. The summed E-state index contributed by atoms with van der Waals surface area (Å²) in [6.07, 6.45) is 7.59. The van der Waals surface area contributed by atoms with Crippen LogP contribution in [0.1, 0.15) is 64.2 Å². The van der Waals surface area contributed by atoms with Gasteiger partial charge in [-0.25, -0.2) is 9.48 Å². The highest BCUT2D eigenvalue weighted by atomic mass is 16.5. The van der Waals surface area contributed by atoms with E-state index in [4.69, 9.17) is 4.74 Å². The Labute approximate surface area is 197 Å². The summed E-state index contributed by atoms with van der Waals surface area (Å²) < 4.78 is 6.76. The zero-order chi connectivity index (χ0) is 23.1. The molecule has 8 nitrogen and oxygen atoms in total. The van der Waals surface area contributed by atoms with E-state index >= 15 is 0 Å². The molecule has 0 spiro atoms. The number of aromatic nitrogens is 4. The van der Waals surface area contributed by atoms with Gasteiger partial charge in [0.2, 0.25) is 5.91 Å². The van der Waals surface area contributed by atoms with Crippen molar-refractivity contribution < 1.29 is 14.3 Å². The van der Waals surface area contributed by atoms with E-state index in [0.29, 0.717) is 18.1 Å². The summed E-state index contributed by atoms with van der Waals surface area (Å²) in [5.74, 6) is 0.655. The minimum absolute atomic E-state index is 0.0363. The van der Waals surface area contributed by atoms with Crippen molar-refractivity contribution in [1.82, 2.24) is 25.1 Å². The molecule has 1 aliphatic carbocycles. The molecule has 174 valence electrons. The number of rotatable bonds is 5. The summed E-state index contributed by atoms with van der Waals surface area (Å²) in [5, 5.41) is 11.4. The van der Waals surface area contributed by atoms with Crippen LogP contribution in [-0.2, 0) is 29.0 Å². The van der Waals surface area contributed by atoms with Crippen molar-refractivity contribution in [3.05, 3.63) is 70.5 Å². The lowest BCUT2D eigenvalue weighted by atomic mass is 9.89. The van der Waals surface area contributed by atoms with Gasteiger partial charge in [0.15, 0.2) is 0 Å². The maximum Gasteiger partial charge on any atom is 0.338 e. The first-order chi connectivity index (χ1) is 16.7. The summed E-state index contributed by atoms with van der Waals surface area (Å²) >= 11 is 0. The Morgan fingerprint density at radius 2 is 1.94 bits per heavy atom. The van der Waals surface area contributed by atoms with E-state index in [0.717, 1.165) is 68.4 Å². The molecule has 1 saturated heterocycles. The van der Waals surface area contributed by atoms with Gasteiger partial charge in [-0.05, 0) is 89.8 Å². The molecule has 3 heterocycles. The molecule has 0 bridgehead atoms. The lowest BCUT2D eigenvalue weighted by molar-refractivity contribution is -0.134. The normalized spacial score (nSPS) is 19.7. The molecule has 1 aromatic heterocycles. The number of carbonyl (C=O) groups excluding carboxylic acids is 2. The number of fused-ring (bicyclic) bond motifs is 2. The molecular weight excluding hydrogens is 430 g/mol. The van der Waals surface area contributed by atoms with E-state index in [2.05, 4.69) is 38.6 Å². The minimum atomic E-state index is -0.212. The van der Waals surface area contributed by atoms with Crippen LogP contribution in [0.3, 0.4) is 0 Å². The Hall–Kier alpha value is -3.55. The second-order valence-corrected chi connectivity index (χ2v) is 9.60. The molecule has 8 heteroatoms. The summed E-state index contributed by atoms with van der Waals surface area (Å²) in [4.78, 5) is 27.1. The number of carbonyl (C=O) groups is 2. The van der Waals surface area contributed by atoms with Crippen LogP contribution in [0, 0.1) is 5.92 Å². The number of nitrogens with zero attached hydrogens (tertiary/aromatic N) is 5. The monoisotopic (exact) mass is 457 g/mol. The zero-order valence-electron chi connectivity index (χ0n) is 19.0. The largest absolute Gasteiger partial charge is 0.457 e. The molecule has 1 fully saturated rings. The highest BCUT2D eigenvalue weighted by Crippen LogP contribution is 2.36. The van der Waals surface area contributed by atoms with E-state index < -0.39 is 0 Å². The summed E-state index contributed by atoms with van der Waals surface area (Å²) in [5.41, 5.74) is 6.28. The smallest absolute Gasteiger partial charge is 0.338 e. The number of benzene rings is 2. The van der Waals surface area contributed by atoms with Crippen molar-refractivity contribution in [2.24, 2.45) is 5.92 Å². The lowest BCUT2D eigenvalue weighted by Gasteiger charge is -2.34. The van der Waals surface area contributed by atoms with E-state index in [1.165, 1.54) is 11.1 Å². The predicted octanol–water partition coefficient (Wildman–Crippen LogP) is 3.23. The average molecular weight is 458 g/mol. The molecule has 6 rings (SSSR count). The number of aryl methyl sites for hydroxylation is 2. The van der Waals surface area contributed by atoms with E-state index in [-0.39, 0.29) is 17.8 Å². The molecule has 1 amide bonds. The molecule has 1 unspecified atom stereocenters. The fourth-order valence-corrected chi connectivity index (χ4v) is 5.66. The Kier molecular flexibility index (Phi) is 5.36. The molecule has 3 aliphatic rings. The molecule has 34 heavy (non-hydrogen) atoms. The van der Waals surface area contributed by atoms with Gasteiger partial charge in [-0.2, -0.15) is 0 Å². The number of piperidine rings is 1. The number of likely N-dealkylation sites (tertiary alicyclic amines) is 1. The molecule has 3 aromatic rings. The van der Waals surface area contributed by atoms with Crippen LogP contribution in [0.4, 0.5) is 0 Å². The third kappa shape index (κ3) is 3.87. The molecule has 0 N–H and O–H groups in total. The maximum atomic E-state index is 13.3. The van der Waals surface area contributed by atoms with Crippen molar-refractivity contribution in [2.45, 2.75) is 51.0 Å². The highest BCUT2D eigenvalue weighted by Gasteiger charge is 2.33. The van der Waals surface area contributed by atoms with Gasteiger partial charge in [-0.15, -0.1) is 5.10 Å². The number of ether oxygens (including phenoxy) is 1. The van der Waals surface area contributed by atoms with Gasteiger partial charge in [-0.3, -0.25) is 4.79 Å². The lowest BCUT2D eigenvalue weighted by Crippen LogP contribution is -2.40. The molecule has 2 aromatic carbocycles. The van der Waals surface area contributed by atoms with Gasteiger partial charge in [0.25, 0.3) is 0 Å². The molecule has 0 saturated carbocycles. The molecule has 0 radical (unpaired) electrons. The van der Waals surface area contributed by atoms with Crippen molar-refractivity contribution in [3.8, 4) is 5.69 Å². The SMILES string of the molecule is O=C1OCc2cc(CCC3CCN(C(=O)C4CCc5cc(-n6cnnn6)ccc54)CC3)ccc21. The number of amides is 1. The zero-order valence-corrected chi connectivity index (χ0v) is 19.0. The van der Waals surface area contributed by atoms with Gasteiger partial charge in [-0.1, -0.05) is 18.2 Å². The Bertz CT molecular complexity index is 1230. The van der Waals surface area contributed by atoms with Gasteiger partial charge in [0, 0.05) is 18.7 Å². The number of tetrazole rings is 1. The van der Waals surface area contributed by atoms with Crippen LogP contribution < -0.4 is 0 Å². The Morgan fingerprint density at radius 1 is 1.06 bits per heavy atom. The Balaban J connectivity index is 1.03. The quantitative estimate of drug-likeness (QED) is 0.547. The van der Waals surface area contributed by atoms with Crippen LogP contribution in [-0.4, -0.2) is 50.1 Å². The van der Waals surface area contributed by atoms with E-state index in [1.807, 2.05) is 18.2 Å². The molecule has 2 aliphatic heterocycles. The van der Waals surface area contributed by atoms with Crippen LogP contribution in [0.2, 0.25) is 0 Å². The molecule has 1 atom stereocenters. The van der Waals surface area contributed by atoms with Gasteiger partial charge < -0.3 is 9.64 Å². The van der Waals surface area contributed by atoms with E-state index in [1.54, 1.807) is 11.0 Å². The summed E-state index contributed by atoms with van der Waals surface area (Å²) in [6.45, 7) is 2.07. The van der Waals surface area contributed by atoms with Crippen molar-refractivity contribution in [3.63, 3.8) is 0 Å². The highest BCUT2D eigenvalue weighted by molar-refractivity contribution is 5.93. The van der Waals surface area contributed by atoms with E-state index in [9.17, 15) is 9.59 Å². The first-order valence-corrected chi connectivity index (χ1v) is 12.1. The fraction of sp³-hybridized carbons (Fsp3) is 0.423. The number of hydrogen-bond acceptors (Lipinski definition) is 6. The van der Waals surface area contributed by atoms with Gasteiger partial charge in [0.05, 0.1) is 17.2 Å². The predicted molar refractivity (Wildman–Crippen MR) is 123 cm³/mol. The average Bonchev–Trinajstić information content (AvgIpc) is 3.63. The second-order valence-electron chi connectivity index (χ2n) is 9.60. The number of esters is 1. The standard InChI is InChI=1S/C26H27N5O3/c32-25(24-7-4-19-14-21(5-8-22(19)24)31-16-27-28-29-31)30-11-9-17(10-12-30)1-2-18-3-6-23-20(13-18)15-34-26(23)33/h3,5-6,8,13-14,16-17,24H,1-2,4,7,9-12,15H2. The van der Waals surface area contributed by atoms with Crippen molar-refractivity contribution >= 4 is 11.9 Å². The van der Waals surface area contributed by atoms with Gasteiger partial charge in [0.1, 0.15) is 12.9 Å². The van der Waals surface area contributed by atoms with Crippen LogP contribution in [0.5, 0.6) is 0 Å². The Morgan fingerprint density at radius 3 is 2.76 bits per heavy atom. The third-order valence-corrected chi connectivity index (χ3v) is 7.63. The van der Waals surface area contributed by atoms with Crippen LogP contribution >= 0.6 is 0 Å². The second kappa shape index (κ2) is 8.66. The summed E-state index contributed by atoms with van der Waals surface area (Å²) in [6, 6.07) is 12.2. The van der Waals surface area contributed by atoms with Crippen LogP contribution in [0.15, 0.2) is 42.7 Å². The van der Waals surface area contributed by atoms with Crippen molar-refractivity contribution in [1.29, 1.82) is 0 Å². The number of hydrogen-bond donors (Lipinski definition) is 0. The summed E-state index contributed by atoms with van der Waals surface area (Å²) in [7, 11) is 0. The first-order valence-electron chi connectivity index (χ1n) is 12.1. The number of cyclic esters (lactones) is 1.